The van der Waals surface area contributed by atoms with Crippen LogP contribution in [0.2, 0.25) is 0 Å². The van der Waals surface area contributed by atoms with Gasteiger partial charge < -0.3 is 25.8 Å². The monoisotopic (exact) mass is 464 g/mol. The summed E-state index contributed by atoms with van der Waals surface area (Å²) in [6, 6.07) is 7.57. The predicted molar refractivity (Wildman–Crippen MR) is 138 cm³/mol. The van der Waals surface area contributed by atoms with Crippen molar-refractivity contribution in [3.05, 3.63) is 66.2 Å². The van der Waals surface area contributed by atoms with E-state index in [1.54, 1.807) is 13.3 Å². The maximum atomic E-state index is 12.8. The zero-order chi connectivity index (χ0) is 24.5. The number of fused-ring (bicyclic) bond motifs is 1. The maximum Gasteiger partial charge on any atom is 0.242 e. The summed E-state index contributed by atoms with van der Waals surface area (Å²) in [5.41, 5.74) is 2.53. The summed E-state index contributed by atoms with van der Waals surface area (Å²) in [5, 5.41) is 20.9. The van der Waals surface area contributed by atoms with Crippen LogP contribution in [0.1, 0.15) is 40.0 Å². The number of aromatic nitrogens is 1. The van der Waals surface area contributed by atoms with Gasteiger partial charge in [-0.25, -0.2) is 0 Å². The molecule has 3 rings (SSSR count). The van der Waals surface area contributed by atoms with Crippen LogP contribution in [-0.2, 0) is 4.79 Å². The standard InChI is InChI=1S/C27H36N4O3/c1-18(2)15-24(31-26(32)20-10-5-6-11-20)27(33)29-14-7-9-19(3)30-23-17-22(34-4)16-21-12-8-13-28-25(21)23/h5-6,8,10-13,16-19,24,30-32H,7,9,14-15H2,1-4H3,(H,29,33)/t19?,24-/m1/s1. The zero-order valence-electron chi connectivity index (χ0n) is 20.5. The third-order valence-electron chi connectivity index (χ3n) is 5.70. The molecule has 1 aliphatic rings. The van der Waals surface area contributed by atoms with Gasteiger partial charge in [-0.1, -0.05) is 32.1 Å². The largest absolute Gasteiger partial charge is 0.497 e. The van der Waals surface area contributed by atoms with E-state index in [0.29, 0.717) is 24.5 Å². The number of rotatable bonds is 12. The number of allylic oxidation sites excluding steroid dienone is 5. The number of aliphatic hydroxyl groups is 1. The molecule has 2 atom stereocenters. The first-order valence-corrected chi connectivity index (χ1v) is 11.9. The van der Waals surface area contributed by atoms with Crippen LogP contribution in [0.4, 0.5) is 5.69 Å². The molecule has 1 aromatic carbocycles. The number of pyridine rings is 1. The summed E-state index contributed by atoms with van der Waals surface area (Å²) in [6.07, 6.45) is 11.4. The van der Waals surface area contributed by atoms with Crippen molar-refractivity contribution < 1.29 is 14.6 Å². The van der Waals surface area contributed by atoms with Crippen molar-refractivity contribution >= 4 is 22.5 Å². The fraction of sp³-hybridized carbons (Fsp3) is 0.407. The number of carbonyl (C=O) groups excluding carboxylic acids is 1. The third kappa shape index (κ3) is 7.01. The topological polar surface area (TPSA) is 95.5 Å². The molecule has 1 aliphatic carbocycles. The highest BCUT2D eigenvalue weighted by molar-refractivity contribution is 5.92. The van der Waals surface area contributed by atoms with Crippen LogP contribution in [0.25, 0.3) is 10.9 Å². The Hall–Kier alpha value is -3.48. The second-order valence-corrected chi connectivity index (χ2v) is 9.08. The minimum Gasteiger partial charge on any atom is -0.497 e. The second kappa shape index (κ2) is 12.1. The molecular formula is C27H36N4O3. The summed E-state index contributed by atoms with van der Waals surface area (Å²) in [6.45, 7) is 6.81. The first kappa shape index (κ1) is 25.1. The Bertz CT molecular complexity index is 1060. The van der Waals surface area contributed by atoms with Gasteiger partial charge in [0.15, 0.2) is 5.88 Å². The quantitative estimate of drug-likeness (QED) is 0.265. The van der Waals surface area contributed by atoms with Crippen molar-refractivity contribution in [1.82, 2.24) is 15.6 Å². The molecule has 1 heterocycles. The Balaban J connectivity index is 1.51. The number of amides is 1. The Morgan fingerprint density at radius 3 is 2.65 bits per heavy atom. The van der Waals surface area contributed by atoms with Crippen LogP contribution >= 0.6 is 0 Å². The van der Waals surface area contributed by atoms with E-state index in [0.717, 1.165) is 35.2 Å². The minimum absolute atomic E-state index is 0.0303. The molecular weight excluding hydrogens is 428 g/mol. The third-order valence-corrected chi connectivity index (χ3v) is 5.70. The Kier molecular flexibility index (Phi) is 8.96. The number of anilines is 1. The van der Waals surface area contributed by atoms with Gasteiger partial charge in [0.05, 0.1) is 18.3 Å². The van der Waals surface area contributed by atoms with Gasteiger partial charge in [-0.3, -0.25) is 9.78 Å². The van der Waals surface area contributed by atoms with Crippen LogP contribution in [0.15, 0.2) is 66.2 Å². The van der Waals surface area contributed by atoms with Gasteiger partial charge in [-0.15, -0.1) is 0 Å². The summed E-state index contributed by atoms with van der Waals surface area (Å²) < 4.78 is 5.43. The highest BCUT2D eigenvalue weighted by Gasteiger charge is 2.21. The van der Waals surface area contributed by atoms with E-state index >= 15 is 0 Å². The van der Waals surface area contributed by atoms with E-state index in [2.05, 4.69) is 41.7 Å². The lowest BCUT2D eigenvalue weighted by atomic mass is 10.0. The molecule has 0 fully saturated rings. The van der Waals surface area contributed by atoms with Gasteiger partial charge in [0.25, 0.3) is 0 Å². The van der Waals surface area contributed by atoms with Gasteiger partial charge in [0.2, 0.25) is 5.91 Å². The predicted octanol–water partition coefficient (Wildman–Crippen LogP) is 4.84. The molecule has 0 radical (unpaired) electrons. The van der Waals surface area contributed by atoms with E-state index in [9.17, 15) is 9.90 Å². The SMILES string of the molecule is COc1cc(NC(C)CCCNC(=O)[C@@H](CC(C)C)NC(O)=C2C=CC=C2)c2ncccc2c1. The molecule has 34 heavy (non-hydrogen) atoms. The van der Waals surface area contributed by atoms with Crippen LogP contribution in [0.5, 0.6) is 5.75 Å². The lowest BCUT2D eigenvalue weighted by Crippen LogP contribution is -2.45. The minimum atomic E-state index is -0.486. The number of carbonyl (C=O) groups is 1. The molecule has 2 aromatic rings. The fourth-order valence-corrected chi connectivity index (χ4v) is 3.96. The number of nitrogens with one attached hydrogen (secondary N) is 3. The number of aliphatic hydroxyl groups excluding tert-OH is 1. The summed E-state index contributed by atoms with van der Waals surface area (Å²) in [5.74, 6) is 1.03. The number of hydrogen-bond acceptors (Lipinski definition) is 6. The van der Waals surface area contributed by atoms with Crippen molar-refractivity contribution in [1.29, 1.82) is 0 Å². The molecule has 0 bridgehead atoms. The van der Waals surface area contributed by atoms with Gasteiger partial charge in [0, 0.05) is 35.8 Å². The molecule has 1 aromatic heterocycles. The maximum absolute atomic E-state index is 12.8. The van der Waals surface area contributed by atoms with Crippen molar-refractivity contribution in [3.63, 3.8) is 0 Å². The van der Waals surface area contributed by atoms with Crippen LogP contribution in [0, 0.1) is 5.92 Å². The molecule has 0 saturated carbocycles. The van der Waals surface area contributed by atoms with E-state index in [1.807, 2.05) is 48.6 Å². The average Bonchev–Trinajstić information content (AvgIpc) is 3.36. The summed E-state index contributed by atoms with van der Waals surface area (Å²) in [7, 11) is 1.66. The number of ether oxygens (including phenoxy) is 1. The van der Waals surface area contributed by atoms with Crippen molar-refractivity contribution in [2.45, 2.75) is 52.1 Å². The molecule has 1 unspecified atom stereocenters. The first-order valence-electron chi connectivity index (χ1n) is 11.9. The summed E-state index contributed by atoms with van der Waals surface area (Å²) in [4.78, 5) is 17.3. The lowest BCUT2D eigenvalue weighted by molar-refractivity contribution is -0.123. The number of hydrogen-bond donors (Lipinski definition) is 4. The van der Waals surface area contributed by atoms with Gasteiger partial charge in [0.1, 0.15) is 11.8 Å². The normalized spacial score (nSPS) is 14.3. The fourth-order valence-electron chi connectivity index (χ4n) is 3.96. The molecule has 1 amide bonds. The highest BCUT2D eigenvalue weighted by atomic mass is 16.5. The van der Waals surface area contributed by atoms with Crippen molar-refractivity contribution in [2.24, 2.45) is 5.92 Å². The van der Waals surface area contributed by atoms with E-state index in [1.165, 1.54) is 0 Å². The molecule has 7 nitrogen and oxygen atoms in total. The summed E-state index contributed by atoms with van der Waals surface area (Å²) >= 11 is 0. The van der Waals surface area contributed by atoms with Crippen LogP contribution in [0.3, 0.4) is 0 Å². The molecule has 7 heteroatoms. The first-order chi connectivity index (χ1) is 16.4. The molecule has 4 N–H and O–H groups in total. The average molecular weight is 465 g/mol. The van der Waals surface area contributed by atoms with Crippen molar-refractivity contribution in [2.75, 3.05) is 19.0 Å². The van der Waals surface area contributed by atoms with E-state index in [4.69, 9.17) is 4.74 Å². The van der Waals surface area contributed by atoms with E-state index < -0.39 is 6.04 Å². The van der Waals surface area contributed by atoms with Crippen LogP contribution < -0.4 is 20.7 Å². The molecule has 0 aliphatic heterocycles. The molecule has 182 valence electrons. The van der Waals surface area contributed by atoms with Crippen molar-refractivity contribution in [3.8, 4) is 5.75 Å². The zero-order valence-corrected chi connectivity index (χ0v) is 20.5. The smallest absolute Gasteiger partial charge is 0.242 e. The van der Waals surface area contributed by atoms with Gasteiger partial charge in [-0.05, 0) is 56.4 Å². The molecule has 0 spiro atoms. The van der Waals surface area contributed by atoms with Crippen LogP contribution in [-0.4, -0.2) is 41.7 Å². The highest BCUT2D eigenvalue weighted by Crippen LogP contribution is 2.28. The number of methoxy groups -OCH3 is 1. The van der Waals surface area contributed by atoms with E-state index in [-0.39, 0.29) is 17.8 Å². The second-order valence-electron chi connectivity index (χ2n) is 9.08. The Morgan fingerprint density at radius 1 is 1.18 bits per heavy atom. The van der Waals surface area contributed by atoms with Gasteiger partial charge >= 0.3 is 0 Å². The number of benzene rings is 1. The van der Waals surface area contributed by atoms with Gasteiger partial charge in [-0.2, -0.15) is 0 Å². The molecule has 0 saturated heterocycles. The lowest BCUT2D eigenvalue weighted by Gasteiger charge is -2.21. The number of nitrogens with zero attached hydrogens (tertiary/aromatic N) is 1. The Morgan fingerprint density at radius 2 is 1.94 bits per heavy atom. The Labute approximate surface area is 202 Å².